The molecule has 105 valence electrons. The lowest BCUT2D eigenvalue weighted by atomic mass is 10.1. The first-order valence-electron chi connectivity index (χ1n) is 4.78. The molecule has 7 nitrogen and oxygen atoms in total. The van der Waals surface area contributed by atoms with Crippen LogP contribution in [-0.2, 0) is 15.8 Å². The molecular weight excluding hydrogens is 307 g/mol. The molecule has 2 rings (SSSR count). The molecule has 1 aromatic rings. The van der Waals surface area contributed by atoms with E-state index in [1.54, 1.807) is 0 Å². The highest BCUT2D eigenvalue weighted by molar-refractivity contribution is 6.43. The number of hydrogen-bond donors (Lipinski definition) is 1. The first-order valence-corrected chi connectivity index (χ1v) is 5.16. The van der Waals surface area contributed by atoms with Crippen LogP contribution in [-0.4, -0.2) is 16.7 Å². The van der Waals surface area contributed by atoms with Crippen molar-refractivity contribution in [2.24, 2.45) is 0 Å². The summed E-state index contributed by atoms with van der Waals surface area (Å²) in [4.78, 5) is 31.6. The lowest BCUT2D eigenvalue weighted by molar-refractivity contribution is -0.387. The number of nitrogens with zero attached hydrogens (tertiary/aromatic N) is 2. The highest BCUT2D eigenvalue weighted by atomic mass is 35.5. The quantitative estimate of drug-likeness (QED) is 0.486. The molecule has 20 heavy (non-hydrogen) atoms. The Morgan fingerprint density at radius 2 is 1.95 bits per heavy atom. The summed E-state index contributed by atoms with van der Waals surface area (Å²) in [5.41, 5.74) is -4.51. The van der Waals surface area contributed by atoms with Crippen molar-refractivity contribution >= 4 is 40.5 Å². The molecule has 0 saturated heterocycles. The van der Waals surface area contributed by atoms with Crippen molar-refractivity contribution in [1.82, 2.24) is 5.32 Å². The number of anilines is 1. The van der Waals surface area contributed by atoms with Gasteiger partial charge in [0.2, 0.25) is 0 Å². The van der Waals surface area contributed by atoms with E-state index in [2.05, 4.69) is 5.32 Å². The van der Waals surface area contributed by atoms with E-state index >= 15 is 0 Å². The maximum atomic E-state index is 12.8. The predicted octanol–water partition coefficient (Wildman–Crippen LogP) is 1.98. The zero-order chi connectivity index (χ0) is 15.2. The SMILES string of the molecule is O=C1[N]c2c(cc(Cl)c(C(F)(F)F)c2[N+](=O)[O-])NC1=O. The van der Waals surface area contributed by atoms with Gasteiger partial charge in [-0.05, 0) is 6.07 Å². The first kappa shape index (κ1) is 14.1. The number of fused-ring (bicyclic) bond motifs is 1. The van der Waals surface area contributed by atoms with Gasteiger partial charge in [0.05, 0.1) is 15.6 Å². The molecule has 0 fully saturated rings. The molecular formula is C9H2ClF3N3O4. The van der Waals surface area contributed by atoms with Gasteiger partial charge in [-0.3, -0.25) is 19.7 Å². The van der Waals surface area contributed by atoms with Gasteiger partial charge in [0, 0.05) is 0 Å². The molecule has 0 atom stereocenters. The van der Waals surface area contributed by atoms with E-state index in [9.17, 15) is 32.9 Å². The molecule has 0 bridgehead atoms. The summed E-state index contributed by atoms with van der Waals surface area (Å²) in [5.74, 6) is -2.65. The molecule has 0 spiro atoms. The molecule has 2 amide bonds. The summed E-state index contributed by atoms with van der Waals surface area (Å²) in [6.07, 6.45) is -5.12. The minimum absolute atomic E-state index is 0.431. The van der Waals surface area contributed by atoms with Gasteiger partial charge in [0.25, 0.3) is 0 Å². The Balaban J connectivity index is 2.81. The smallest absolute Gasteiger partial charge is 0.315 e. The number of carbonyl (C=O) groups is 2. The number of carbonyl (C=O) groups excluding carboxylic acids is 2. The summed E-state index contributed by atoms with van der Waals surface area (Å²) in [5, 5.41) is 14.8. The van der Waals surface area contributed by atoms with Crippen molar-refractivity contribution in [2.45, 2.75) is 6.18 Å². The maximum absolute atomic E-state index is 12.8. The van der Waals surface area contributed by atoms with Crippen molar-refractivity contribution in [3.63, 3.8) is 0 Å². The zero-order valence-corrected chi connectivity index (χ0v) is 9.87. The number of rotatable bonds is 1. The second-order valence-electron chi connectivity index (χ2n) is 3.60. The highest BCUT2D eigenvalue weighted by Crippen LogP contribution is 2.48. The van der Waals surface area contributed by atoms with Crippen LogP contribution in [0.1, 0.15) is 5.56 Å². The third-order valence-corrected chi connectivity index (χ3v) is 2.65. The third kappa shape index (κ3) is 2.13. The van der Waals surface area contributed by atoms with Crippen LogP contribution in [0.15, 0.2) is 6.07 Å². The Morgan fingerprint density at radius 1 is 1.35 bits per heavy atom. The minimum Gasteiger partial charge on any atom is -0.315 e. The average Bonchev–Trinajstić information content (AvgIpc) is 2.28. The number of benzene rings is 1. The number of amides is 2. The number of halogens is 4. The van der Waals surface area contributed by atoms with Crippen LogP contribution in [0.25, 0.3) is 0 Å². The van der Waals surface area contributed by atoms with Crippen molar-refractivity contribution < 1.29 is 27.7 Å². The summed E-state index contributed by atoms with van der Waals surface area (Å²) < 4.78 is 38.4. The Bertz CT molecular complexity index is 659. The molecule has 0 unspecified atom stereocenters. The molecule has 1 aliphatic heterocycles. The highest BCUT2D eigenvalue weighted by Gasteiger charge is 2.45. The normalized spacial score (nSPS) is 14.4. The van der Waals surface area contributed by atoms with E-state index in [-0.39, 0.29) is 0 Å². The average molecular weight is 309 g/mol. The van der Waals surface area contributed by atoms with Crippen molar-refractivity contribution in [3.8, 4) is 0 Å². The maximum Gasteiger partial charge on any atom is 0.424 e. The number of nitrogens with one attached hydrogen (secondary N) is 1. The Labute approximate surface area is 112 Å². The lowest BCUT2D eigenvalue weighted by Crippen LogP contribution is -2.34. The Kier molecular flexibility index (Phi) is 3.05. The second-order valence-corrected chi connectivity index (χ2v) is 4.01. The first-order chi connectivity index (χ1) is 9.12. The lowest BCUT2D eigenvalue weighted by Gasteiger charge is -2.18. The fraction of sp³-hybridized carbons (Fsp3) is 0.111. The fourth-order valence-electron chi connectivity index (χ4n) is 1.61. The molecule has 0 aromatic heterocycles. The molecule has 1 radical (unpaired) electrons. The topological polar surface area (TPSA) is 103 Å². The van der Waals surface area contributed by atoms with E-state index in [4.69, 9.17) is 11.6 Å². The molecule has 11 heteroatoms. The zero-order valence-electron chi connectivity index (χ0n) is 9.12. The van der Waals surface area contributed by atoms with Crippen LogP contribution in [0.4, 0.5) is 30.2 Å². The van der Waals surface area contributed by atoms with E-state index in [0.29, 0.717) is 6.07 Å². The van der Waals surface area contributed by atoms with Gasteiger partial charge in [0.1, 0.15) is 0 Å². The monoisotopic (exact) mass is 308 g/mol. The Hall–Kier alpha value is -2.36. The van der Waals surface area contributed by atoms with Gasteiger partial charge in [-0.15, -0.1) is 0 Å². The van der Waals surface area contributed by atoms with Gasteiger partial charge in [-0.1, -0.05) is 11.6 Å². The van der Waals surface area contributed by atoms with E-state index in [0.717, 1.165) is 0 Å². The third-order valence-electron chi connectivity index (χ3n) is 2.35. The molecule has 1 aromatic carbocycles. The van der Waals surface area contributed by atoms with E-state index in [1.165, 1.54) is 0 Å². The second kappa shape index (κ2) is 4.34. The summed E-state index contributed by atoms with van der Waals surface area (Å²) >= 11 is 5.38. The van der Waals surface area contributed by atoms with Crippen LogP contribution in [0.5, 0.6) is 0 Å². The standard InChI is InChI=1S/C9H2ClF3N3O4/c10-2-1-3-5(15-8(18)7(17)14-3)6(16(19)20)4(2)9(11,12)13/h1H,(H,14,17). The molecule has 0 saturated carbocycles. The van der Waals surface area contributed by atoms with E-state index < -0.39 is 50.6 Å². The van der Waals surface area contributed by atoms with Crippen molar-refractivity contribution in [2.75, 3.05) is 5.32 Å². The van der Waals surface area contributed by atoms with Crippen molar-refractivity contribution in [1.29, 1.82) is 0 Å². The van der Waals surface area contributed by atoms with Gasteiger partial charge < -0.3 is 5.32 Å². The van der Waals surface area contributed by atoms with Crippen LogP contribution in [0, 0.1) is 10.1 Å². The van der Waals surface area contributed by atoms with Gasteiger partial charge in [-0.2, -0.15) is 18.5 Å². The van der Waals surface area contributed by atoms with Crippen LogP contribution >= 0.6 is 11.6 Å². The van der Waals surface area contributed by atoms with Crippen molar-refractivity contribution in [3.05, 3.63) is 26.8 Å². The minimum atomic E-state index is -5.12. The van der Waals surface area contributed by atoms with Crippen LogP contribution < -0.4 is 10.6 Å². The van der Waals surface area contributed by atoms with Crippen LogP contribution in [0.3, 0.4) is 0 Å². The summed E-state index contributed by atoms with van der Waals surface area (Å²) in [6.45, 7) is 0. The molecule has 0 aliphatic carbocycles. The number of nitro benzene ring substituents is 1. The van der Waals surface area contributed by atoms with Gasteiger partial charge in [0.15, 0.2) is 11.3 Å². The molecule has 1 N–H and O–H groups in total. The molecule has 1 aliphatic rings. The fourth-order valence-corrected chi connectivity index (χ4v) is 1.92. The number of hydrogen-bond acceptors (Lipinski definition) is 4. The number of alkyl halides is 3. The van der Waals surface area contributed by atoms with E-state index in [1.807, 2.05) is 5.32 Å². The van der Waals surface area contributed by atoms with Gasteiger partial charge >= 0.3 is 23.7 Å². The molecule has 1 heterocycles. The predicted molar refractivity (Wildman–Crippen MR) is 58.5 cm³/mol. The van der Waals surface area contributed by atoms with Gasteiger partial charge in [-0.25, -0.2) is 0 Å². The summed E-state index contributed by atoms with van der Waals surface area (Å²) in [6, 6.07) is 0.653. The van der Waals surface area contributed by atoms with Crippen LogP contribution in [0.2, 0.25) is 5.02 Å². The number of nitro groups is 1. The Morgan fingerprint density at radius 3 is 2.45 bits per heavy atom. The summed E-state index contributed by atoms with van der Waals surface area (Å²) in [7, 11) is 0. The largest absolute Gasteiger partial charge is 0.424 e.